The largest absolute Gasteiger partial charge is 0.342 e. The third kappa shape index (κ3) is 3.10. The van der Waals surface area contributed by atoms with Crippen LogP contribution in [0.5, 0.6) is 0 Å². The summed E-state index contributed by atoms with van der Waals surface area (Å²) in [5.41, 5.74) is 3.48. The van der Waals surface area contributed by atoms with Crippen LogP contribution >= 0.6 is 0 Å². The van der Waals surface area contributed by atoms with Gasteiger partial charge in [-0.2, -0.15) is 10.3 Å². The number of carbonyl (C=O) groups excluding carboxylic acids is 1. The average molecular weight is 311 g/mol. The van der Waals surface area contributed by atoms with E-state index >= 15 is 0 Å². The quantitative estimate of drug-likeness (QED) is 0.760. The Bertz CT molecular complexity index is 805. The molecule has 0 spiro atoms. The molecule has 118 valence electrons. The standard InChI is InChI=1S/C15H17N7O/c1-9-8-10(2)22(19-9)13-6-4-12(5-7-13)15(23)16-11(3)14-17-20-21-18-14/h4-8,11H,1-3H3,(H,16,23)(H,17,18,20,21). The molecule has 1 aromatic carbocycles. The van der Waals surface area contributed by atoms with Crippen LogP contribution in [0.4, 0.5) is 0 Å². The fourth-order valence-corrected chi connectivity index (χ4v) is 2.34. The van der Waals surface area contributed by atoms with Gasteiger partial charge in [0.15, 0.2) is 5.82 Å². The molecule has 0 aliphatic carbocycles. The summed E-state index contributed by atoms with van der Waals surface area (Å²) in [5.74, 6) is 0.250. The number of tetrazole rings is 1. The Hall–Kier alpha value is -3.03. The molecule has 0 saturated carbocycles. The normalized spacial score (nSPS) is 12.1. The Balaban J connectivity index is 1.74. The number of hydrogen-bond donors (Lipinski definition) is 2. The molecule has 23 heavy (non-hydrogen) atoms. The van der Waals surface area contributed by atoms with Crippen molar-refractivity contribution in [2.24, 2.45) is 0 Å². The zero-order valence-electron chi connectivity index (χ0n) is 13.1. The zero-order valence-corrected chi connectivity index (χ0v) is 13.1. The van der Waals surface area contributed by atoms with E-state index in [0.717, 1.165) is 17.1 Å². The second kappa shape index (κ2) is 5.99. The van der Waals surface area contributed by atoms with E-state index in [1.165, 1.54) is 0 Å². The summed E-state index contributed by atoms with van der Waals surface area (Å²) in [7, 11) is 0. The van der Waals surface area contributed by atoms with Gasteiger partial charge in [-0.1, -0.05) is 5.21 Å². The fraction of sp³-hybridized carbons (Fsp3) is 0.267. The SMILES string of the molecule is Cc1cc(C)n(-c2ccc(C(=O)NC(C)c3nn[nH]n3)cc2)n1. The van der Waals surface area contributed by atoms with Gasteiger partial charge in [0.1, 0.15) is 0 Å². The first-order chi connectivity index (χ1) is 11.0. The second-order valence-corrected chi connectivity index (χ2v) is 5.35. The molecule has 0 radical (unpaired) electrons. The van der Waals surface area contributed by atoms with Crippen LogP contribution in [0.3, 0.4) is 0 Å². The van der Waals surface area contributed by atoms with E-state index < -0.39 is 0 Å². The summed E-state index contributed by atoms with van der Waals surface area (Å²) in [6, 6.07) is 8.96. The maximum atomic E-state index is 12.2. The summed E-state index contributed by atoms with van der Waals surface area (Å²) < 4.78 is 1.85. The third-order valence-electron chi connectivity index (χ3n) is 3.48. The van der Waals surface area contributed by atoms with Gasteiger partial charge < -0.3 is 5.32 Å². The molecule has 0 aliphatic rings. The molecule has 8 heteroatoms. The number of hydrogen-bond acceptors (Lipinski definition) is 5. The van der Waals surface area contributed by atoms with Crippen molar-refractivity contribution in [1.82, 2.24) is 35.7 Å². The number of rotatable bonds is 4. The molecular formula is C15H17N7O. The van der Waals surface area contributed by atoms with Crippen LogP contribution < -0.4 is 5.32 Å². The van der Waals surface area contributed by atoms with E-state index in [9.17, 15) is 4.79 Å². The van der Waals surface area contributed by atoms with Crippen molar-refractivity contribution in [3.63, 3.8) is 0 Å². The van der Waals surface area contributed by atoms with Gasteiger partial charge in [0.25, 0.3) is 5.91 Å². The molecule has 3 aromatic rings. The minimum absolute atomic E-state index is 0.192. The molecule has 0 aliphatic heterocycles. The number of aromatic nitrogens is 6. The van der Waals surface area contributed by atoms with E-state index in [2.05, 4.69) is 31.0 Å². The highest BCUT2D eigenvalue weighted by Gasteiger charge is 2.15. The molecule has 1 atom stereocenters. The topological polar surface area (TPSA) is 101 Å². The number of nitrogens with zero attached hydrogens (tertiary/aromatic N) is 5. The minimum atomic E-state index is -0.322. The van der Waals surface area contributed by atoms with Gasteiger partial charge in [-0.3, -0.25) is 4.79 Å². The van der Waals surface area contributed by atoms with Crippen LogP contribution in [0, 0.1) is 13.8 Å². The number of nitrogens with one attached hydrogen (secondary N) is 2. The summed E-state index contributed by atoms with van der Waals surface area (Å²) in [4.78, 5) is 12.2. The Morgan fingerprint density at radius 1 is 1.26 bits per heavy atom. The van der Waals surface area contributed by atoms with Crippen molar-refractivity contribution in [3.05, 3.63) is 53.1 Å². The fourth-order valence-electron chi connectivity index (χ4n) is 2.34. The van der Waals surface area contributed by atoms with Crippen LogP contribution in [0.2, 0.25) is 0 Å². The van der Waals surface area contributed by atoms with E-state index in [0.29, 0.717) is 11.4 Å². The highest BCUT2D eigenvalue weighted by molar-refractivity contribution is 5.94. The number of amides is 1. The van der Waals surface area contributed by atoms with E-state index in [1.54, 1.807) is 19.1 Å². The monoisotopic (exact) mass is 311 g/mol. The lowest BCUT2D eigenvalue weighted by Gasteiger charge is -2.10. The lowest BCUT2D eigenvalue weighted by Crippen LogP contribution is -2.27. The predicted octanol–water partition coefficient (Wildman–Crippen LogP) is 1.49. The summed E-state index contributed by atoms with van der Waals surface area (Å²) in [6.45, 7) is 5.74. The maximum Gasteiger partial charge on any atom is 0.251 e. The Labute approximate surface area is 132 Å². The summed E-state index contributed by atoms with van der Waals surface area (Å²) >= 11 is 0. The number of aryl methyl sites for hydroxylation is 2. The molecule has 0 fully saturated rings. The van der Waals surface area contributed by atoms with Gasteiger partial charge in [-0.05, 0) is 51.1 Å². The highest BCUT2D eigenvalue weighted by Crippen LogP contribution is 2.14. The van der Waals surface area contributed by atoms with Crippen molar-refractivity contribution < 1.29 is 4.79 Å². The lowest BCUT2D eigenvalue weighted by molar-refractivity contribution is 0.0938. The van der Waals surface area contributed by atoms with Crippen LogP contribution in [-0.2, 0) is 0 Å². The predicted molar refractivity (Wildman–Crippen MR) is 83.1 cm³/mol. The van der Waals surface area contributed by atoms with E-state index in [1.807, 2.05) is 36.7 Å². The number of H-pyrrole nitrogens is 1. The molecule has 1 unspecified atom stereocenters. The van der Waals surface area contributed by atoms with Gasteiger partial charge in [0.2, 0.25) is 0 Å². The summed E-state index contributed by atoms with van der Waals surface area (Å²) in [6.07, 6.45) is 0. The Morgan fingerprint density at radius 2 is 2.00 bits per heavy atom. The number of carbonyl (C=O) groups is 1. The van der Waals surface area contributed by atoms with Crippen molar-refractivity contribution in [3.8, 4) is 5.69 Å². The van der Waals surface area contributed by atoms with Gasteiger partial charge >= 0.3 is 0 Å². The molecule has 2 heterocycles. The van der Waals surface area contributed by atoms with E-state index in [-0.39, 0.29) is 11.9 Å². The van der Waals surface area contributed by atoms with E-state index in [4.69, 9.17) is 0 Å². The van der Waals surface area contributed by atoms with Gasteiger partial charge in [0.05, 0.1) is 17.4 Å². The maximum absolute atomic E-state index is 12.2. The van der Waals surface area contributed by atoms with Crippen molar-refractivity contribution in [2.45, 2.75) is 26.8 Å². The number of benzene rings is 1. The van der Waals surface area contributed by atoms with Gasteiger partial charge in [-0.25, -0.2) is 4.68 Å². The zero-order chi connectivity index (χ0) is 16.4. The van der Waals surface area contributed by atoms with Crippen LogP contribution in [0.15, 0.2) is 30.3 Å². The molecule has 3 rings (SSSR count). The summed E-state index contributed by atoms with van der Waals surface area (Å²) in [5, 5.41) is 20.8. The molecule has 0 saturated heterocycles. The van der Waals surface area contributed by atoms with Gasteiger partial charge in [-0.15, -0.1) is 10.2 Å². The third-order valence-corrected chi connectivity index (χ3v) is 3.48. The first-order valence-corrected chi connectivity index (χ1v) is 7.22. The minimum Gasteiger partial charge on any atom is -0.342 e. The van der Waals surface area contributed by atoms with Crippen molar-refractivity contribution in [2.75, 3.05) is 0 Å². The van der Waals surface area contributed by atoms with Crippen LogP contribution in [0.1, 0.15) is 40.5 Å². The Kier molecular flexibility index (Phi) is 3.88. The van der Waals surface area contributed by atoms with Crippen LogP contribution in [0.25, 0.3) is 5.69 Å². The molecule has 1 amide bonds. The molecule has 2 N–H and O–H groups in total. The lowest BCUT2D eigenvalue weighted by atomic mass is 10.1. The first kappa shape index (κ1) is 14.9. The average Bonchev–Trinajstić information content (AvgIpc) is 3.17. The molecular weight excluding hydrogens is 294 g/mol. The smallest absolute Gasteiger partial charge is 0.251 e. The highest BCUT2D eigenvalue weighted by atomic mass is 16.1. The van der Waals surface area contributed by atoms with Crippen molar-refractivity contribution >= 4 is 5.91 Å². The van der Waals surface area contributed by atoms with Crippen molar-refractivity contribution in [1.29, 1.82) is 0 Å². The molecule has 2 aromatic heterocycles. The second-order valence-electron chi connectivity index (χ2n) is 5.35. The van der Waals surface area contributed by atoms with Crippen LogP contribution in [-0.4, -0.2) is 36.3 Å². The molecule has 8 nitrogen and oxygen atoms in total. The Morgan fingerprint density at radius 3 is 2.57 bits per heavy atom. The first-order valence-electron chi connectivity index (χ1n) is 7.22. The van der Waals surface area contributed by atoms with Gasteiger partial charge in [0, 0.05) is 11.3 Å². The number of aromatic amines is 1. The molecule has 0 bridgehead atoms.